The zero-order chi connectivity index (χ0) is 22.7. The van der Waals surface area contributed by atoms with Crippen LogP contribution in [0.3, 0.4) is 0 Å². The van der Waals surface area contributed by atoms with E-state index in [1.54, 1.807) is 38.1 Å². The molecule has 32 heavy (non-hydrogen) atoms. The Labute approximate surface area is 193 Å². The molecule has 0 spiro atoms. The van der Waals surface area contributed by atoms with E-state index in [1.807, 2.05) is 12.1 Å². The van der Waals surface area contributed by atoms with Crippen LogP contribution in [-0.4, -0.2) is 20.7 Å². The molecule has 0 aliphatic heterocycles. The zero-order valence-corrected chi connectivity index (χ0v) is 18.9. The summed E-state index contributed by atoms with van der Waals surface area (Å²) in [7, 11) is 0. The van der Waals surface area contributed by atoms with Crippen LogP contribution in [0.2, 0.25) is 5.02 Å². The molecule has 4 rings (SSSR count). The van der Waals surface area contributed by atoms with Gasteiger partial charge in [-0.1, -0.05) is 35.6 Å². The van der Waals surface area contributed by atoms with E-state index in [-0.39, 0.29) is 12.4 Å². The summed E-state index contributed by atoms with van der Waals surface area (Å²) in [6.45, 7) is 3.48. The molecule has 4 aromatic rings. The molecular weight excluding hydrogens is 449 g/mol. The summed E-state index contributed by atoms with van der Waals surface area (Å²) in [6, 6.07) is 13.4. The summed E-state index contributed by atoms with van der Waals surface area (Å²) in [5, 5.41) is 13.5. The number of thiophene rings is 1. The van der Waals surface area contributed by atoms with Crippen molar-refractivity contribution in [1.29, 1.82) is 0 Å². The highest BCUT2D eigenvalue weighted by molar-refractivity contribution is 7.20. The number of hydrogen-bond donors (Lipinski definition) is 2. The minimum absolute atomic E-state index is 0.209. The first-order valence-electron chi connectivity index (χ1n) is 9.71. The Bertz CT molecular complexity index is 1340. The Morgan fingerprint density at radius 3 is 2.78 bits per heavy atom. The summed E-state index contributed by atoms with van der Waals surface area (Å²) in [5.41, 5.74) is 1.13. The number of ether oxygens (including phenoxy) is 1. The van der Waals surface area contributed by atoms with E-state index in [0.717, 1.165) is 20.8 Å². The standard InChI is InChI=1S/C24H19ClFN3O2S/c1-24(2,30)9-8-18-12-20-22(32-18)23(28-14-27-20)29-17-6-7-21(19(25)11-17)31-13-15-4-3-5-16(26)10-15/h3-7,10-12,14,30H,13H2,1-2H3,(H,27,28,29). The number of aromatic nitrogens is 2. The minimum atomic E-state index is -1.07. The molecule has 0 saturated carbocycles. The van der Waals surface area contributed by atoms with Crippen LogP contribution in [0, 0.1) is 17.7 Å². The van der Waals surface area contributed by atoms with Crippen molar-refractivity contribution in [3.05, 3.63) is 76.1 Å². The van der Waals surface area contributed by atoms with E-state index >= 15 is 0 Å². The molecule has 0 aliphatic carbocycles. The largest absolute Gasteiger partial charge is 0.487 e. The van der Waals surface area contributed by atoms with Crippen LogP contribution in [0.25, 0.3) is 10.2 Å². The second-order valence-electron chi connectivity index (χ2n) is 7.55. The monoisotopic (exact) mass is 467 g/mol. The Balaban J connectivity index is 1.52. The van der Waals surface area contributed by atoms with Gasteiger partial charge in [0, 0.05) is 5.69 Å². The number of nitrogens with one attached hydrogen (secondary N) is 1. The molecule has 0 atom stereocenters. The second kappa shape index (κ2) is 9.13. The van der Waals surface area contributed by atoms with E-state index in [0.29, 0.717) is 22.2 Å². The quantitative estimate of drug-likeness (QED) is 0.356. The fraction of sp³-hybridized carbons (Fsp3) is 0.167. The molecule has 0 bridgehead atoms. The smallest absolute Gasteiger partial charge is 0.151 e. The van der Waals surface area contributed by atoms with Crippen molar-refractivity contribution in [2.45, 2.75) is 26.1 Å². The number of rotatable bonds is 5. The van der Waals surface area contributed by atoms with Crippen molar-refractivity contribution >= 4 is 44.7 Å². The van der Waals surface area contributed by atoms with Crippen LogP contribution in [-0.2, 0) is 6.61 Å². The van der Waals surface area contributed by atoms with E-state index in [2.05, 4.69) is 27.1 Å². The van der Waals surface area contributed by atoms with Crippen molar-refractivity contribution < 1.29 is 14.2 Å². The predicted molar refractivity (Wildman–Crippen MR) is 126 cm³/mol. The number of fused-ring (bicyclic) bond motifs is 1. The Hall–Kier alpha value is -3.18. The molecule has 0 fully saturated rings. The summed E-state index contributed by atoms with van der Waals surface area (Å²) < 4.78 is 19.9. The topological polar surface area (TPSA) is 67.3 Å². The number of hydrogen-bond acceptors (Lipinski definition) is 6. The van der Waals surface area contributed by atoms with Gasteiger partial charge in [0.1, 0.15) is 30.1 Å². The van der Waals surface area contributed by atoms with Gasteiger partial charge < -0.3 is 15.2 Å². The van der Waals surface area contributed by atoms with Gasteiger partial charge in [0.05, 0.1) is 20.1 Å². The first-order valence-corrected chi connectivity index (χ1v) is 10.9. The van der Waals surface area contributed by atoms with Crippen LogP contribution in [0.1, 0.15) is 24.3 Å². The van der Waals surface area contributed by atoms with Gasteiger partial charge in [-0.05, 0) is 55.8 Å². The molecule has 2 heterocycles. The highest BCUT2D eigenvalue weighted by atomic mass is 35.5. The molecule has 2 N–H and O–H groups in total. The summed E-state index contributed by atoms with van der Waals surface area (Å²) in [4.78, 5) is 9.42. The Morgan fingerprint density at radius 1 is 1.19 bits per heavy atom. The SMILES string of the molecule is CC(C)(O)C#Cc1cc2ncnc(Nc3ccc(OCc4cccc(F)c4)c(Cl)c3)c2s1. The number of nitrogens with zero attached hydrogens (tertiary/aromatic N) is 2. The average molecular weight is 468 g/mol. The second-order valence-corrected chi connectivity index (χ2v) is 9.00. The van der Waals surface area contributed by atoms with Crippen LogP contribution < -0.4 is 10.1 Å². The third-order valence-electron chi connectivity index (χ3n) is 4.28. The van der Waals surface area contributed by atoms with E-state index in [4.69, 9.17) is 16.3 Å². The van der Waals surface area contributed by atoms with Gasteiger partial charge in [-0.3, -0.25) is 0 Å². The molecule has 0 amide bonds. The lowest BCUT2D eigenvalue weighted by molar-refractivity contribution is 0.143. The lowest BCUT2D eigenvalue weighted by Crippen LogP contribution is -2.14. The molecular formula is C24H19ClFN3O2S. The molecule has 2 aromatic carbocycles. The minimum Gasteiger partial charge on any atom is -0.487 e. The molecule has 8 heteroatoms. The van der Waals surface area contributed by atoms with Crippen molar-refractivity contribution in [3.8, 4) is 17.6 Å². The average Bonchev–Trinajstić information content (AvgIpc) is 3.16. The van der Waals surface area contributed by atoms with Crippen molar-refractivity contribution in [2.75, 3.05) is 5.32 Å². The van der Waals surface area contributed by atoms with Crippen LogP contribution >= 0.6 is 22.9 Å². The van der Waals surface area contributed by atoms with E-state index < -0.39 is 5.60 Å². The van der Waals surface area contributed by atoms with E-state index in [9.17, 15) is 9.50 Å². The fourth-order valence-electron chi connectivity index (χ4n) is 2.84. The lowest BCUT2D eigenvalue weighted by atomic mass is 10.1. The van der Waals surface area contributed by atoms with Crippen LogP contribution in [0.5, 0.6) is 5.75 Å². The Kier molecular flexibility index (Phi) is 6.28. The molecule has 5 nitrogen and oxygen atoms in total. The first kappa shape index (κ1) is 22.0. The van der Waals surface area contributed by atoms with Crippen LogP contribution in [0.15, 0.2) is 54.9 Å². The van der Waals surface area contributed by atoms with Gasteiger partial charge in [-0.15, -0.1) is 11.3 Å². The number of benzene rings is 2. The van der Waals surface area contributed by atoms with Gasteiger partial charge in [0.15, 0.2) is 5.82 Å². The van der Waals surface area contributed by atoms with Crippen molar-refractivity contribution in [2.24, 2.45) is 0 Å². The van der Waals surface area contributed by atoms with Gasteiger partial charge in [0.2, 0.25) is 0 Å². The Morgan fingerprint density at radius 2 is 2.03 bits per heavy atom. The lowest BCUT2D eigenvalue weighted by Gasteiger charge is -2.11. The van der Waals surface area contributed by atoms with Crippen molar-refractivity contribution in [3.63, 3.8) is 0 Å². The number of aliphatic hydroxyl groups is 1. The normalized spacial score (nSPS) is 11.2. The highest BCUT2D eigenvalue weighted by Gasteiger charge is 2.11. The van der Waals surface area contributed by atoms with Gasteiger partial charge >= 0.3 is 0 Å². The maximum atomic E-state index is 13.3. The van der Waals surface area contributed by atoms with Crippen LogP contribution in [0.4, 0.5) is 15.9 Å². The molecule has 0 saturated heterocycles. The summed E-state index contributed by atoms with van der Waals surface area (Å²) in [6.07, 6.45) is 1.47. The molecule has 162 valence electrons. The number of anilines is 2. The van der Waals surface area contributed by atoms with Gasteiger partial charge in [0.25, 0.3) is 0 Å². The highest BCUT2D eigenvalue weighted by Crippen LogP contribution is 2.33. The first-order chi connectivity index (χ1) is 15.3. The summed E-state index contributed by atoms with van der Waals surface area (Å²) >= 11 is 7.83. The molecule has 0 aliphatic rings. The van der Waals surface area contributed by atoms with Crippen molar-refractivity contribution in [1.82, 2.24) is 9.97 Å². The molecule has 2 aromatic heterocycles. The third-order valence-corrected chi connectivity index (χ3v) is 5.62. The fourth-order valence-corrected chi connectivity index (χ4v) is 3.98. The zero-order valence-electron chi connectivity index (χ0n) is 17.3. The van der Waals surface area contributed by atoms with E-state index in [1.165, 1.54) is 29.8 Å². The summed E-state index contributed by atoms with van der Waals surface area (Å²) in [5.74, 6) is 6.59. The molecule has 0 unspecified atom stereocenters. The molecule has 0 radical (unpaired) electrons. The third kappa shape index (κ3) is 5.54. The number of halogens is 2. The van der Waals surface area contributed by atoms with Gasteiger partial charge in [-0.25, -0.2) is 14.4 Å². The predicted octanol–water partition coefficient (Wildman–Crippen LogP) is 5.93. The maximum Gasteiger partial charge on any atom is 0.151 e. The maximum absolute atomic E-state index is 13.3. The van der Waals surface area contributed by atoms with Gasteiger partial charge in [-0.2, -0.15) is 0 Å².